The lowest BCUT2D eigenvalue weighted by Crippen LogP contribution is -1.96. The number of nitrogens with zero attached hydrogens (tertiary/aromatic N) is 1. The molecule has 1 heterocycles. The number of pyridine rings is 1. The molecule has 6 heteroatoms. The van der Waals surface area contributed by atoms with Crippen LogP contribution in [0, 0.1) is 0 Å². The van der Waals surface area contributed by atoms with Gasteiger partial charge in [-0.3, -0.25) is 4.52 Å². The van der Waals surface area contributed by atoms with Gasteiger partial charge in [-0.1, -0.05) is 25.1 Å². The predicted molar refractivity (Wildman–Crippen MR) is 102 cm³/mol. The molecule has 0 spiro atoms. The summed E-state index contributed by atoms with van der Waals surface area (Å²) in [6, 6.07) is 15.6. The van der Waals surface area contributed by atoms with Crippen LogP contribution in [0.5, 0.6) is 5.75 Å². The van der Waals surface area contributed by atoms with Crippen molar-refractivity contribution in [3.8, 4) is 5.75 Å². The lowest BCUT2D eigenvalue weighted by Gasteiger charge is -2.17. The fourth-order valence-electron chi connectivity index (χ4n) is 2.40. The maximum Gasteiger partial charge on any atom is 0.440 e. The number of hydrogen-bond donors (Lipinski definition) is 0. The van der Waals surface area contributed by atoms with Crippen LogP contribution in [0.4, 0.5) is 0 Å². The van der Waals surface area contributed by atoms with Crippen molar-refractivity contribution in [2.75, 3.05) is 12.4 Å². The monoisotopic (exact) mass is 361 g/mol. The molecule has 0 saturated heterocycles. The number of benzene rings is 2. The smallest absolute Gasteiger partial charge is 0.417 e. The molecule has 1 unspecified atom stereocenters. The third kappa shape index (κ3) is 3.92. The Morgan fingerprint density at radius 3 is 2.62 bits per heavy atom. The van der Waals surface area contributed by atoms with E-state index >= 15 is 0 Å². The molecule has 0 radical (unpaired) electrons. The Hall–Kier alpha value is -1.55. The largest absolute Gasteiger partial charge is 0.440 e. The van der Waals surface area contributed by atoms with Crippen LogP contribution < -0.4 is 4.52 Å². The van der Waals surface area contributed by atoms with Gasteiger partial charge in [0.2, 0.25) is 0 Å². The molecule has 0 saturated carbocycles. The van der Waals surface area contributed by atoms with Crippen LogP contribution in [0.2, 0.25) is 0 Å². The molecule has 3 aromatic rings. The van der Waals surface area contributed by atoms with E-state index in [2.05, 4.69) is 11.1 Å². The van der Waals surface area contributed by atoms with Gasteiger partial charge in [0.15, 0.2) is 0 Å². The topological polar surface area (TPSA) is 48.4 Å². The van der Waals surface area contributed by atoms with Crippen LogP contribution >= 0.6 is 18.2 Å². The second kappa shape index (κ2) is 7.56. The quantitative estimate of drug-likeness (QED) is 0.378. The summed E-state index contributed by atoms with van der Waals surface area (Å²) in [5.74, 6) is 1.27. The summed E-state index contributed by atoms with van der Waals surface area (Å²) in [7, 11) is 0. The average molecular weight is 361 g/mol. The van der Waals surface area contributed by atoms with Crippen LogP contribution in [0.3, 0.4) is 0 Å². The van der Waals surface area contributed by atoms with E-state index in [0.717, 1.165) is 34.0 Å². The summed E-state index contributed by atoms with van der Waals surface area (Å²) in [6.45, 7) is 1.02. The zero-order valence-corrected chi connectivity index (χ0v) is 15.5. The number of rotatable bonds is 7. The molecule has 0 aliphatic rings. The first-order valence-electron chi connectivity index (χ1n) is 8.02. The number of hydrogen-bond acceptors (Lipinski definition) is 5. The van der Waals surface area contributed by atoms with Crippen molar-refractivity contribution in [2.24, 2.45) is 0 Å². The zero-order chi connectivity index (χ0) is 17.0. The fourth-order valence-corrected chi connectivity index (χ4v) is 5.84. The van der Waals surface area contributed by atoms with Crippen molar-refractivity contribution in [1.82, 2.24) is 4.98 Å². The van der Waals surface area contributed by atoms with E-state index in [9.17, 15) is 4.57 Å². The Labute approximate surface area is 145 Å². The predicted octanol–water partition coefficient (Wildman–Crippen LogP) is 6.05. The second-order valence-corrected chi connectivity index (χ2v) is 9.44. The van der Waals surface area contributed by atoms with Gasteiger partial charge in [0.25, 0.3) is 0 Å². The van der Waals surface area contributed by atoms with E-state index in [0.29, 0.717) is 12.4 Å². The van der Waals surface area contributed by atoms with E-state index < -0.39 is 6.80 Å². The molecule has 24 heavy (non-hydrogen) atoms. The summed E-state index contributed by atoms with van der Waals surface area (Å²) in [6.07, 6.45) is 0.915. The molecule has 126 valence electrons. The molecule has 0 aliphatic carbocycles. The van der Waals surface area contributed by atoms with Gasteiger partial charge >= 0.3 is 6.80 Å². The SMILES string of the molecule is CCCSP(=O)(OCC)Oc1ccc2nc3ccccc3cc2c1. The van der Waals surface area contributed by atoms with E-state index in [1.807, 2.05) is 50.2 Å². The molecule has 1 atom stereocenters. The van der Waals surface area contributed by atoms with Gasteiger partial charge in [-0.15, -0.1) is 0 Å². The van der Waals surface area contributed by atoms with Gasteiger partial charge in [0.1, 0.15) is 5.75 Å². The molecule has 0 fully saturated rings. The molecule has 0 N–H and O–H groups in total. The highest BCUT2D eigenvalue weighted by atomic mass is 32.7. The van der Waals surface area contributed by atoms with Crippen molar-refractivity contribution in [2.45, 2.75) is 20.3 Å². The fraction of sp³-hybridized carbons (Fsp3) is 0.278. The summed E-state index contributed by atoms with van der Waals surface area (Å²) in [5, 5.41) is 2.02. The number of aromatic nitrogens is 1. The summed E-state index contributed by atoms with van der Waals surface area (Å²) in [5.41, 5.74) is 1.84. The molecule has 0 amide bonds. The highest BCUT2D eigenvalue weighted by Gasteiger charge is 2.26. The number of para-hydroxylation sites is 1. The second-order valence-electron chi connectivity index (χ2n) is 5.33. The minimum Gasteiger partial charge on any atom is -0.417 e. The third-order valence-corrected chi connectivity index (χ3v) is 7.40. The van der Waals surface area contributed by atoms with Gasteiger partial charge in [-0.05, 0) is 55.1 Å². The molecule has 2 aromatic carbocycles. The van der Waals surface area contributed by atoms with Gasteiger partial charge < -0.3 is 4.52 Å². The minimum atomic E-state index is -3.19. The average Bonchev–Trinajstić information content (AvgIpc) is 2.58. The number of fused-ring (bicyclic) bond motifs is 2. The Bertz CT molecular complexity index is 900. The van der Waals surface area contributed by atoms with Crippen LogP contribution in [0.1, 0.15) is 20.3 Å². The highest BCUT2D eigenvalue weighted by Crippen LogP contribution is 2.60. The van der Waals surface area contributed by atoms with E-state index in [1.54, 1.807) is 6.07 Å². The van der Waals surface area contributed by atoms with Crippen molar-refractivity contribution in [3.05, 3.63) is 48.5 Å². The summed E-state index contributed by atoms with van der Waals surface area (Å²) >= 11 is 1.25. The molecule has 3 rings (SSSR count). The van der Waals surface area contributed by atoms with Crippen molar-refractivity contribution in [1.29, 1.82) is 0 Å². The van der Waals surface area contributed by atoms with Crippen LogP contribution in [0.25, 0.3) is 21.8 Å². The van der Waals surface area contributed by atoms with Crippen LogP contribution in [-0.2, 0) is 9.09 Å². The Balaban J connectivity index is 1.94. The van der Waals surface area contributed by atoms with Gasteiger partial charge in [-0.25, -0.2) is 9.55 Å². The van der Waals surface area contributed by atoms with Crippen molar-refractivity contribution >= 4 is 40.0 Å². The Kier molecular flexibility index (Phi) is 5.44. The molecular weight excluding hydrogens is 341 g/mol. The van der Waals surface area contributed by atoms with E-state index in [1.165, 1.54) is 11.4 Å². The maximum atomic E-state index is 12.8. The van der Waals surface area contributed by atoms with Gasteiger partial charge in [-0.2, -0.15) is 0 Å². The maximum absolute atomic E-state index is 12.8. The van der Waals surface area contributed by atoms with Crippen LogP contribution in [-0.4, -0.2) is 17.3 Å². The van der Waals surface area contributed by atoms with Crippen molar-refractivity contribution < 1.29 is 13.6 Å². The Morgan fingerprint density at radius 2 is 1.83 bits per heavy atom. The zero-order valence-electron chi connectivity index (χ0n) is 13.8. The van der Waals surface area contributed by atoms with Crippen LogP contribution in [0.15, 0.2) is 48.5 Å². The normalized spacial score (nSPS) is 13.9. The third-order valence-electron chi connectivity index (χ3n) is 3.45. The standard InChI is InChI=1S/C18H20NO3PS/c1-3-11-24-23(20,21-4-2)22-16-9-10-18-15(13-16)12-14-7-5-6-8-17(14)19-18/h5-10,12-13H,3-4,11H2,1-2H3. The summed E-state index contributed by atoms with van der Waals surface area (Å²) < 4.78 is 23.9. The molecule has 0 bridgehead atoms. The summed E-state index contributed by atoms with van der Waals surface area (Å²) in [4.78, 5) is 4.64. The van der Waals surface area contributed by atoms with Crippen molar-refractivity contribution in [3.63, 3.8) is 0 Å². The molecule has 1 aromatic heterocycles. The first-order chi connectivity index (χ1) is 11.6. The Morgan fingerprint density at radius 1 is 1.04 bits per heavy atom. The van der Waals surface area contributed by atoms with Gasteiger partial charge in [0, 0.05) is 16.5 Å². The van der Waals surface area contributed by atoms with E-state index in [-0.39, 0.29) is 0 Å². The molecular formula is C18H20NO3PS. The molecule has 4 nitrogen and oxygen atoms in total. The minimum absolute atomic E-state index is 0.355. The lowest BCUT2D eigenvalue weighted by molar-refractivity contribution is 0.296. The lowest BCUT2D eigenvalue weighted by atomic mass is 10.1. The highest BCUT2D eigenvalue weighted by molar-refractivity contribution is 8.55. The van der Waals surface area contributed by atoms with E-state index in [4.69, 9.17) is 9.05 Å². The van der Waals surface area contributed by atoms with Gasteiger partial charge in [0.05, 0.1) is 17.6 Å². The molecule has 0 aliphatic heterocycles. The first kappa shape index (κ1) is 17.3. The first-order valence-corrected chi connectivity index (χ1v) is 11.1.